The van der Waals surface area contributed by atoms with Gasteiger partial charge in [0.2, 0.25) is 6.39 Å². The van der Waals surface area contributed by atoms with E-state index in [2.05, 4.69) is 20.0 Å². The number of rotatable bonds is 6. The van der Waals surface area contributed by atoms with Crippen molar-refractivity contribution in [3.8, 4) is 0 Å². The topological polar surface area (TPSA) is 120 Å². The summed E-state index contributed by atoms with van der Waals surface area (Å²) >= 11 is 1.32. The second kappa shape index (κ2) is 5.12. The second-order valence-corrected chi connectivity index (χ2v) is 5.77. The van der Waals surface area contributed by atoms with Crippen molar-refractivity contribution in [1.82, 2.24) is 10.1 Å². The van der Waals surface area contributed by atoms with Crippen molar-refractivity contribution < 1.29 is 9.32 Å². The van der Waals surface area contributed by atoms with E-state index in [-0.39, 0.29) is 0 Å². The van der Waals surface area contributed by atoms with Crippen LogP contribution in [-0.2, 0) is 6.42 Å². The molecule has 1 aliphatic carbocycles. The zero-order valence-electron chi connectivity index (χ0n) is 10.8. The number of primary amides is 1. The predicted octanol–water partition coefficient (Wildman–Crippen LogP) is 1.34. The van der Waals surface area contributed by atoms with E-state index in [1.165, 1.54) is 17.7 Å². The average Bonchev–Trinajstić information content (AvgIpc) is 2.98. The van der Waals surface area contributed by atoms with Gasteiger partial charge in [-0.25, -0.2) is 0 Å². The Bertz CT molecular complexity index is 618. The Morgan fingerprint density at radius 2 is 2.35 bits per heavy atom. The number of hydrogen-bond donors (Lipinski definition) is 3. The van der Waals surface area contributed by atoms with Crippen molar-refractivity contribution in [2.75, 3.05) is 17.6 Å². The molecule has 3 rings (SSSR count). The zero-order chi connectivity index (χ0) is 14.1. The molecule has 0 saturated heterocycles. The summed E-state index contributed by atoms with van der Waals surface area (Å²) in [6.07, 6.45) is 4.17. The van der Waals surface area contributed by atoms with Crippen molar-refractivity contribution in [2.45, 2.75) is 25.2 Å². The summed E-state index contributed by atoms with van der Waals surface area (Å²) in [5.74, 6) is 0.623. The third-order valence-corrected chi connectivity index (χ3v) is 4.43. The molecule has 0 aliphatic heterocycles. The van der Waals surface area contributed by atoms with Crippen LogP contribution in [0.25, 0.3) is 0 Å². The van der Waals surface area contributed by atoms with Crippen LogP contribution in [0.2, 0.25) is 0 Å². The zero-order valence-corrected chi connectivity index (χ0v) is 11.6. The van der Waals surface area contributed by atoms with E-state index in [4.69, 9.17) is 11.5 Å². The van der Waals surface area contributed by atoms with E-state index >= 15 is 0 Å². The fourth-order valence-electron chi connectivity index (χ4n) is 2.14. The van der Waals surface area contributed by atoms with Crippen molar-refractivity contribution in [2.24, 2.45) is 5.73 Å². The number of nitrogens with two attached hydrogens (primary N) is 2. The van der Waals surface area contributed by atoms with Gasteiger partial charge in [0.05, 0.1) is 10.7 Å². The van der Waals surface area contributed by atoms with Crippen LogP contribution in [0, 0.1) is 0 Å². The van der Waals surface area contributed by atoms with E-state index in [0.717, 1.165) is 23.4 Å². The lowest BCUT2D eigenvalue weighted by molar-refractivity contribution is 0.100. The molecule has 0 aromatic carbocycles. The lowest BCUT2D eigenvalue weighted by atomic mass is 10.1. The van der Waals surface area contributed by atoms with Gasteiger partial charge in [-0.3, -0.25) is 4.79 Å². The summed E-state index contributed by atoms with van der Waals surface area (Å²) in [4.78, 5) is 15.8. The van der Waals surface area contributed by atoms with Crippen LogP contribution in [0.3, 0.4) is 0 Å². The van der Waals surface area contributed by atoms with Crippen LogP contribution in [0.1, 0.15) is 39.8 Å². The highest BCUT2D eigenvalue weighted by Gasteiger charge is 2.32. The minimum absolute atomic E-state index is 0.439. The van der Waals surface area contributed by atoms with E-state index < -0.39 is 5.91 Å². The molecule has 1 aliphatic rings. The fourth-order valence-corrected chi connectivity index (χ4v) is 3.22. The van der Waals surface area contributed by atoms with Crippen LogP contribution in [-0.4, -0.2) is 22.6 Å². The van der Waals surface area contributed by atoms with Gasteiger partial charge in [0, 0.05) is 18.5 Å². The number of nitrogen functional groups attached to an aromatic ring is 1. The normalized spacial score (nSPS) is 14.4. The summed E-state index contributed by atoms with van der Waals surface area (Å²) in [6, 6.07) is 0. The molecule has 106 valence electrons. The fraction of sp³-hybridized carbons (Fsp3) is 0.417. The first-order valence-electron chi connectivity index (χ1n) is 6.38. The molecule has 20 heavy (non-hydrogen) atoms. The summed E-state index contributed by atoms with van der Waals surface area (Å²) in [5.41, 5.74) is 13.0. The van der Waals surface area contributed by atoms with Gasteiger partial charge in [-0.1, -0.05) is 5.16 Å². The first-order chi connectivity index (χ1) is 9.66. The smallest absolute Gasteiger partial charge is 0.260 e. The van der Waals surface area contributed by atoms with E-state index in [9.17, 15) is 4.79 Å². The van der Waals surface area contributed by atoms with Crippen LogP contribution in [0.15, 0.2) is 10.9 Å². The molecule has 1 amide bonds. The van der Waals surface area contributed by atoms with Gasteiger partial charge in [0.15, 0.2) is 5.82 Å². The molecule has 0 atom stereocenters. The Balaban J connectivity index is 1.74. The standard InChI is InChI=1S/C12H15N5O2S/c13-9-8(6-1-2-6)12(20-10(9)11(14)18)15-4-3-7-16-5-19-17-7/h5-6,15H,1-4,13H2,(H2,14,18). The molecular formula is C12H15N5O2S. The highest BCUT2D eigenvalue weighted by atomic mass is 32.1. The summed E-state index contributed by atoms with van der Waals surface area (Å²) < 4.78 is 4.68. The number of nitrogens with zero attached hydrogens (tertiary/aromatic N) is 2. The number of nitrogens with one attached hydrogen (secondary N) is 1. The number of hydrogen-bond acceptors (Lipinski definition) is 7. The minimum atomic E-state index is -0.472. The molecule has 1 fully saturated rings. The third kappa shape index (κ3) is 2.46. The van der Waals surface area contributed by atoms with Crippen molar-refractivity contribution in [1.29, 1.82) is 0 Å². The van der Waals surface area contributed by atoms with Crippen molar-refractivity contribution >= 4 is 27.9 Å². The Morgan fingerprint density at radius 3 is 2.95 bits per heavy atom. The highest BCUT2D eigenvalue weighted by molar-refractivity contribution is 7.18. The van der Waals surface area contributed by atoms with Crippen molar-refractivity contribution in [3.63, 3.8) is 0 Å². The second-order valence-electron chi connectivity index (χ2n) is 4.75. The van der Waals surface area contributed by atoms with Gasteiger partial charge < -0.3 is 21.3 Å². The van der Waals surface area contributed by atoms with Gasteiger partial charge in [-0.15, -0.1) is 11.3 Å². The SMILES string of the molecule is NC(=O)c1sc(NCCc2ncon2)c(C2CC2)c1N. The van der Waals surface area contributed by atoms with E-state index in [1.807, 2.05) is 0 Å². The molecular weight excluding hydrogens is 278 g/mol. The number of carbonyl (C=O) groups excluding carboxylic acids is 1. The van der Waals surface area contributed by atoms with Gasteiger partial charge in [-0.05, 0) is 18.8 Å². The number of anilines is 2. The van der Waals surface area contributed by atoms with Crippen molar-refractivity contribution in [3.05, 3.63) is 22.7 Å². The van der Waals surface area contributed by atoms with Crippen LogP contribution in [0.5, 0.6) is 0 Å². The lowest BCUT2D eigenvalue weighted by Gasteiger charge is -2.05. The number of amides is 1. The van der Waals surface area contributed by atoms with Gasteiger partial charge in [-0.2, -0.15) is 4.98 Å². The number of carbonyl (C=O) groups is 1. The minimum Gasteiger partial charge on any atom is -0.397 e. The largest absolute Gasteiger partial charge is 0.397 e. The molecule has 8 heteroatoms. The maximum Gasteiger partial charge on any atom is 0.260 e. The molecule has 0 spiro atoms. The van der Waals surface area contributed by atoms with Crippen LogP contribution < -0.4 is 16.8 Å². The maximum absolute atomic E-state index is 11.4. The highest BCUT2D eigenvalue weighted by Crippen LogP contribution is 2.50. The molecule has 5 N–H and O–H groups in total. The molecule has 2 aromatic rings. The van der Waals surface area contributed by atoms with Gasteiger partial charge >= 0.3 is 0 Å². The lowest BCUT2D eigenvalue weighted by Crippen LogP contribution is -2.11. The molecule has 0 unspecified atom stereocenters. The Hall–Kier alpha value is -2.09. The third-order valence-electron chi connectivity index (χ3n) is 3.23. The van der Waals surface area contributed by atoms with E-state index in [0.29, 0.717) is 35.3 Å². The summed E-state index contributed by atoms with van der Waals surface area (Å²) in [7, 11) is 0. The average molecular weight is 293 g/mol. The predicted molar refractivity (Wildman–Crippen MR) is 75.7 cm³/mol. The molecule has 0 radical (unpaired) electrons. The Labute approximate surface area is 119 Å². The monoisotopic (exact) mass is 293 g/mol. The quantitative estimate of drug-likeness (QED) is 0.739. The maximum atomic E-state index is 11.4. The molecule has 7 nitrogen and oxygen atoms in total. The first kappa shape index (κ1) is 12.9. The van der Waals surface area contributed by atoms with Gasteiger partial charge in [0.25, 0.3) is 5.91 Å². The molecule has 2 aromatic heterocycles. The summed E-state index contributed by atoms with van der Waals surface area (Å²) in [6.45, 7) is 0.650. The van der Waals surface area contributed by atoms with E-state index in [1.54, 1.807) is 0 Å². The number of thiophene rings is 1. The summed E-state index contributed by atoms with van der Waals surface area (Å²) in [5, 5.41) is 7.98. The molecule has 2 heterocycles. The Kier molecular flexibility index (Phi) is 3.31. The van der Waals surface area contributed by atoms with Crippen LogP contribution >= 0.6 is 11.3 Å². The molecule has 0 bridgehead atoms. The van der Waals surface area contributed by atoms with Gasteiger partial charge in [0.1, 0.15) is 4.88 Å². The Morgan fingerprint density at radius 1 is 1.55 bits per heavy atom. The molecule has 1 saturated carbocycles. The van der Waals surface area contributed by atoms with Crippen LogP contribution in [0.4, 0.5) is 10.7 Å². The number of aromatic nitrogens is 2. The first-order valence-corrected chi connectivity index (χ1v) is 7.19.